The van der Waals surface area contributed by atoms with Crippen LogP contribution in [0.15, 0.2) is 18.3 Å². The SMILES string of the molecule is CN(C)c1ccc2nnc(-c3ncc(C(O)C[N+](=O)[O-])[nH]3)n2n1. The van der Waals surface area contributed by atoms with Gasteiger partial charge in [0.1, 0.15) is 5.82 Å². The lowest BCUT2D eigenvalue weighted by molar-refractivity contribution is -0.491. The highest BCUT2D eigenvalue weighted by atomic mass is 16.6. The van der Waals surface area contributed by atoms with Crippen molar-refractivity contribution in [2.75, 3.05) is 25.5 Å². The Labute approximate surface area is 129 Å². The van der Waals surface area contributed by atoms with Gasteiger partial charge in [0.25, 0.3) is 0 Å². The summed E-state index contributed by atoms with van der Waals surface area (Å²) in [6.07, 6.45) is 0.0659. The minimum absolute atomic E-state index is 0.234. The van der Waals surface area contributed by atoms with E-state index in [0.29, 0.717) is 23.1 Å². The highest BCUT2D eigenvalue weighted by Crippen LogP contribution is 2.19. The van der Waals surface area contributed by atoms with Crippen molar-refractivity contribution in [2.24, 2.45) is 0 Å². The van der Waals surface area contributed by atoms with Gasteiger partial charge in [-0.2, -0.15) is 4.52 Å². The lowest BCUT2D eigenvalue weighted by Crippen LogP contribution is -2.13. The van der Waals surface area contributed by atoms with E-state index < -0.39 is 17.6 Å². The molecule has 0 bridgehead atoms. The van der Waals surface area contributed by atoms with Crippen molar-refractivity contribution in [3.8, 4) is 11.6 Å². The van der Waals surface area contributed by atoms with E-state index in [-0.39, 0.29) is 5.69 Å². The molecule has 0 spiro atoms. The number of H-pyrrole nitrogens is 1. The Morgan fingerprint density at radius 3 is 2.91 bits per heavy atom. The zero-order valence-electron chi connectivity index (χ0n) is 12.4. The Morgan fingerprint density at radius 2 is 2.22 bits per heavy atom. The van der Waals surface area contributed by atoms with Crippen molar-refractivity contribution in [2.45, 2.75) is 6.10 Å². The zero-order valence-corrected chi connectivity index (χ0v) is 12.4. The van der Waals surface area contributed by atoms with Gasteiger partial charge in [-0.05, 0) is 12.1 Å². The van der Waals surface area contributed by atoms with Gasteiger partial charge >= 0.3 is 0 Å². The molecule has 0 saturated carbocycles. The average Bonchev–Trinajstić information content (AvgIpc) is 3.12. The van der Waals surface area contributed by atoms with Gasteiger partial charge in [-0.25, -0.2) is 4.98 Å². The molecule has 3 aromatic heterocycles. The molecule has 3 aromatic rings. The molecule has 3 heterocycles. The Hall–Kier alpha value is -3.08. The first-order valence-corrected chi connectivity index (χ1v) is 6.70. The summed E-state index contributed by atoms with van der Waals surface area (Å²) in [4.78, 5) is 18.6. The number of hydrogen-bond donors (Lipinski definition) is 2. The van der Waals surface area contributed by atoms with Gasteiger partial charge in [-0.3, -0.25) is 10.1 Å². The van der Waals surface area contributed by atoms with E-state index in [9.17, 15) is 15.2 Å². The molecule has 120 valence electrons. The number of hydrogen-bond acceptors (Lipinski definition) is 8. The van der Waals surface area contributed by atoms with Crippen LogP contribution in [0.3, 0.4) is 0 Å². The van der Waals surface area contributed by atoms with Crippen LogP contribution in [0.5, 0.6) is 0 Å². The number of nitrogens with zero attached hydrogens (tertiary/aromatic N) is 7. The van der Waals surface area contributed by atoms with Gasteiger partial charge in [-0.15, -0.1) is 15.3 Å². The smallest absolute Gasteiger partial charge is 0.235 e. The maximum atomic E-state index is 10.5. The van der Waals surface area contributed by atoms with E-state index >= 15 is 0 Å². The molecule has 3 rings (SSSR count). The lowest BCUT2D eigenvalue weighted by atomic mass is 10.3. The summed E-state index contributed by atoms with van der Waals surface area (Å²) < 4.78 is 1.51. The second-order valence-electron chi connectivity index (χ2n) is 5.10. The van der Waals surface area contributed by atoms with E-state index in [1.165, 1.54) is 10.7 Å². The van der Waals surface area contributed by atoms with Crippen LogP contribution >= 0.6 is 0 Å². The van der Waals surface area contributed by atoms with Crippen molar-refractivity contribution in [3.63, 3.8) is 0 Å². The number of aromatic amines is 1. The monoisotopic (exact) mass is 318 g/mol. The highest BCUT2D eigenvalue weighted by molar-refractivity contribution is 5.53. The summed E-state index contributed by atoms with van der Waals surface area (Å²) in [6.45, 7) is -0.606. The van der Waals surface area contributed by atoms with Gasteiger partial charge in [0.15, 0.2) is 17.6 Å². The molecule has 0 fully saturated rings. The first-order valence-electron chi connectivity index (χ1n) is 6.70. The molecule has 11 heteroatoms. The lowest BCUT2D eigenvalue weighted by Gasteiger charge is -2.10. The standard InChI is InChI=1S/C12H14N8O3/c1-18(2)10-4-3-9-15-16-12(20(9)17-10)11-13-5-7(14-11)8(21)6-19(22)23/h3-5,8,21H,6H2,1-2H3,(H,13,14). The number of aromatic nitrogens is 6. The minimum atomic E-state index is -1.27. The fourth-order valence-electron chi connectivity index (χ4n) is 2.02. The van der Waals surface area contributed by atoms with Gasteiger partial charge in [0, 0.05) is 19.0 Å². The van der Waals surface area contributed by atoms with Gasteiger partial charge < -0.3 is 15.0 Å². The maximum absolute atomic E-state index is 10.5. The Morgan fingerprint density at radius 1 is 1.43 bits per heavy atom. The summed E-state index contributed by atoms with van der Waals surface area (Å²) in [5, 5.41) is 32.6. The molecule has 0 aliphatic rings. The molecular weight excluding hydrogens is 304 g/mol. The fraction of sp³-hybridized carbons (Fsp3) is 0.333. The molecule has 1 atom stereocenters. The number of nitrogens with one attached hydrogen (secondary N) is 1. The third-order valence-corrected chi connectivity index (χ3v) is 3.20. The van der Waals surface area contributed by atoms with E-state index in [1.807, 2.05) is 25.1 Å². The zero-order chi connectivity index (χ0) is 16.6. The molecule has 1 unspecified atom stereocenters. The second kappa shape index (κ2) is 5.61. The second-order valence-corrected chi connectivity index (χ2v) is 5.10. The van der Waals surface area contributed by atoms with Crippen LogP contribution in [0.2, 0.25) is 0 Å². The summed E-state index contributed by atoms with van der Waals surface area (Å²) >= 11 is 0. The quantitative estimate of drug-likeness (QED) is 0.491. The third kappa shape index (κ3) is 2.81. The summed E-state index contributed by atoms with van der Waals surface area (Å²) in [5.41, 5.74) is 0.770. The molecule has 11 nitrogen and oxygen atoms in total. The van der Waals surface area contributed by atoms with Crippen LogP contribution in [0, 0.1) is 10.1 Å². The number of nitro groups is 1. The predicted molar refractivity (Wildman–Crippen MR) is 79.5 cm³/mol. The highest BCUT2D eigenvalue weighted by Gasteiger charge is 2.19. The Kier molecular flexibility index (Phi) is 3.62. The van der Waals surface area contributed by atoms with E-state index in [0.717, 1.165) is 0 Å². The first-order chi connectivity index (χ1) is 11.0. The molecule has 0 saturated heterocycles. The number of anilines is 1. The van der Waals surface area contributed by atoms with Crippen molar-refractivity contribution in [1.82, 2.24) is 29.8 Å². The van der Waals surface area contributed by atoms with E-state index in [4.69, 9.17) is 0 Å². The molecule has 0 aromatic carbocycles. The van der Waals surface area contributed by atoms with Crippen molar-refractivity contribution in [3.05, 3.63) is 34.1 Å². The summed E-state index contributed by atoms with van der Waals surface area (Å²) in [5.74, 6) is 1.38. The third-order valence-electron chi connectivity index (χ3n) is 3.20. The molecule has 0 amide bonds. The topological polar surface area (TPSA) is 138 Å². The van der Waals surface area contributed by atoms with Gasteiger partial charge in [-0.1, -0.05) is 0 Å². The van der Waals surface area contributed by atoms with Crippen LogP contribution in [0.1, 0.15) is 11.8 Å². The number of aliphatic hydroxyl groups is 1. The summed E-state index contributed by atoms with van der Waals surface area (Å²) in [6, 6.07) is 3.58. The number of fused-ring (bicyclic) bond motifs is 1. The summed E-state index contributed by atoms with van der Waals surface area (Å²) in [7, 11) is 3.72. The predicted octanol–water partition coefficient (Wildman–Crippen LogP) is -0.110. The largest absolute Gasteiger partial charge is 0.380 e. The number of rotatable bonds is 5. The molecule has 0 aliphatic carbocycles. The van der Waals surface area contributed by atoms with Crippen molar-refractivity contribution in [1.29, 1.82) is 0 Å². The first kappa shape index (κ1) is 14.8. The molecule has 0 aliphatic heterocycles. The molecule has 23 heavy (non-hydrogen) atoms. The minimum Gasteiger partial charge on any atom is -0.380 e. The maximum Gasteiger partial charge on any atom is 0.235 e. The van der Waals surface area contributed by atoms with Gasteiger partial charge in [0.2, 0.25) is 12.4 Å². The Bertz CT molecular complexity index is 855. The average molecular weight is 318 g/mol. The van der Waals surface area contributed by atoms with Crippen molar-refractivity contribution >= 4 is 11.5 Å². The van der Waals surface area contributed by atoms with Crippen LogP contribution in [-0.4, -0.2) is 60.4 Å². The van der Waals surface area contributed by atoms with Crippen LogP contribution in [0.25, 0.3) is 17.3 Å². The van der Waals surface area contributed by atoms with Crippen LogP contribution < -0.4 is 4.90 Å². The Balaban J connectivity index is 1.99. The van der Waals surface area contributed by atoms with E-state index in [2.05, 4.69) is 25.3 Å². The number of imidazole rings is 1. The van der Waals surface area contributed by atoms with E-state index in [1.54, 1.807) is 6.07 Å². The normalized spacial score (nSPS) is 12.5. The van der Waals surface area contributed by atoms with Crippen LogP contribution in [0.4, 0.5) is 5.82 Å². The molecule has 0 radical (unpaired) electrons. The van der Waals surface area contributed by atoms with Gasteiger partial charge in [0.05, 0.1) is 11.9 Å². The molecule has 2 N–H and O–H groups in total. The molecular formula is C12H14N8O3. The fourth-order valence-corrected chi connectivity index (χ4v) is 2.02. The van der Waals surface area contributed by atoms with Crippen LogP contribution in [-0.2, 0) is 0 Å². The van der Waals surface area contributed by atoms with Crippen molar-refractivity contribution < 1.29 is 10.0 Å². The number of aliphatic hydroxyl groups excluding tert-OH is 1.